The average Bonchev–Trinajstić information content (AvgIpc) is 2.58. The van der Waals surface area contributed by atoms with Crippen LogP contribution in [0.1, 0.15) is 85.0 Å². The first-order chi connectivity index (χ1) is 11.8. The lowest BCUT2D eigenvalue weighted by Gasteiger charge is -2.51. The molecule has 0 aromatic heterocycles. The van der Waals surface area contributed by atoms with Crippen LogP contribution in [0.5, 0.6) is 0 Å². The van der Waals surface area contributed by atoms with E-state index in [4.69, 9.17) is 0 Å². The summed E-state index contributed by atoms with van der Waals surface area (Å²) in [6, 6.07) is 0. The first-order valence-electron chi connectivity index (χ1n) is 10.9. The minimum atomic E-state index is 0.0887. The zero-order valence-corrected chi connectivity index (χ0v) is 19.0. The highest BCUT2D eigenvalue weighted by Crippen LogP contribution is 2.63. The van der Waals surface area contributed by atoms with Crippen molar-refractivity contribution in [1.82, 2.24) is 9.80 Å². The van der Waals surface area contributed by atoms with Gasteiger partial charge in [0.2, 0.25) is 0 Å². The fourth-order valence-corrected chi connectivity index (χ4v) is 10.1. The Morgan fingerprint density at radius 3 is 1.56 bits per heavy atom. The van der Waals surface area contributed by atoms with Gasteiger partial charge in [-0.3, -0.25) is 4.90 Å². The van der Waals surface area contributed by atoms with Crippen LogP contribution in [0.25, 0.3) is 0 Å². The molecule has 2 rings (SSSR count). The van der Waals surface area contributed by atoms with Gasteiger partial charge in [0, 0.05) is 18.9 Å². The van der Waals surface area contributed by atoms with Crippen molar-refractivity contribution in [2.24, 2.45) is 5.41 Å². The number of rotatable bonds is 7. The van der Waals surface area contributed by atoms with Crippen LogP contribution >= 0.6 is 7.92 Å². The quantitative estimate of drug-likeness (QED) is 0.509. The second kappa shape index (κ2) is 10.0. The molecule has 1 unspecified atom stereocenters. The van der Waals surface area contributed by atoms with Gasteiger partial charge in [-0.25, -0.2) is 0 Å². The molecule has 0 spiro atoms. The van der Waals surface area contributed by atoms with E-state index in [1.165, 1.54) is 77.3 Å². The van der Waals surface area contributed by atoms with E-state index in [1.54, 1.807) is 0 Å². The van der Waals surface area contributed by atoms with Crippen LogP contribution in [-0.4, -0.2) is 61.1 Å². The molecule has 0 N–H and O–H groups in total. The van der Waals surface area contributed by atoms with Crippen LogP contribution in [0.2, 0.25) is 0 Å². The maximum Gasteiger partial charge on any atom is 0.0347 e. The molecule has 25 heavy (non-hydrogen) atoms. The SMILES string of the molecule is CN(C)CCN(C)C(P(C1CCCCC1)C1CCCCC1)C(C)(C)C. The molecular formula is C22H45N2P. The zero-order valence-electron chi connectivity index (χ0n) is 18.1. The van der Waals surface area contributed by atoms with Gasteiger partial charge in [0.05, 0.1) is 0 Å². The van der Waals surface area contributed by atoms with Gasteiger partial charge < -0.3 is 4.90 Å². The second-order valence-electron chi connectivity index (χ2n) is 10.1. The van der Waals surface area contributed by atoms with Gasteiger partial charge in [0.1, 0.15) is 0 Å². The Bertz CT molecular complexity index is 347. The maximum absolute atomic E-state index is 2.77. The van der Waals surface area contributed by atoms with E-state index in [0.29, 0.717) is 5.41 Å². The molecule has 0 heterocycles. The van der Waals surface area contributed by atoms with Crippen LogP contribution in [0.15, 0.2) is 0 Å². The van der Waals surface area contributed by atoms with E-state index < -0.39 is 0 Å². The summed E-state index contributed by atoms with van der Waals surface area (Å²) in [4.78, 5) is 5.12. The Labute approximate surface area is 159 Å². The average molecular weight is 369 g/mol. The molecule has 3 heteroatoms. The molecule has 0 radical (unpaired) electrons. The summed E-state index contributed by atoms with van der Waals surface area (Å²) in [6.07, 6.45) is 15.0. The molecule has 0 saturated heterocycles. The van der Waals surface area contributed by atoms with Gasteiger partial charge in [0.15, 0.2) is 0 Å². The van der Waals surface area contributed by atoms with Gasteiger partial charge in [-0.15, -0.1) is 0 Å². The van der Waals surface area contributed by atoms with Crippen LogP contribution < -0.4 is 0 Å². The van der Waals surface area contributed by atoms with E-state index in [0.717, 1.165) is 17.1 Å². The van der Waals surface area contributed by atoms with E-state index in [1.807, 2.05) is 0 Å². The fourth-order valence-electron chi connectivity index (χ4n) is 5.27. The maximum atomic E-state index is 2.77. The number of nitrogens with zero attached hydrogens (tertiary/aromatic N) is 2. The molecule has 0 aromatic rings. The lowest BCUT2D eigenvalue weighted by molar-refractivity contribution is 0.175. The predicted octanol–water partition coefficient (Wildman–Crippen LogP) is 6.00. The summed E-state index contributed by atoms with van der Waals surface area (Å²) in [5.41, 5.74) is 2.47. The van der Waals surface area contributed by atoms with Crippen molar-refractivity contribution in [1.29, 1.82) is 0 Å². The number of hydrogen-bond donors (Lipinski definition) is 0. The lowest BCUT2D eigenvalue weighted by Crippen LogP contribution is -2.46. The standard InChI is InChI=1S/C22H45N2P/c1-22(2,3)21(24(6)18-17-23(4)5)25(19-13-9-7-10-14-19)20-15-11-8-12-16-20/h19-21H,7-18H2,1-6H3. The Kier molecular flexibility index (Phi) is 8.70. The molecule has 148 valence electrons. The first kappa shape index (κ1) is 21.6. The molecule has 0 amide bonds. The molecule has 0 aliphatic heterocycles. The molecule has 2 fully saturated rings. The van der Waals surface area contributed by atoms with E-state index in [9.17, 15) is 0 Å². The molecule has 1 atom stereocenters. The predicted molar refractivity (Wildman–Crippen MR) is 115 cm³/mol. The van der Waals surface area contributed by atoms with Gasteiger partial charge in [-0.2, -0.15) is 0 Å². The molecule has 2 aliphatic carbocycles. The molecular weight excluding hydrogens is 323 g/mol. The van der Waals surface area contributed by atoms with Crippen LogP contribution in [0.4, 0.5) is 0 Å². The Morgan fingerprint density at radius 2 is 1.20 bits per heavy atom. The van der Waals surface area contributed by atoms with Crippen molar-refractivity contribution >= 4 is 7.92 Å². The normalized spacial score (nSPS) is 22.9. The van der Waals surface area contributed by atoms with Crippen molar-refractivity contribution < 1.29 is 0 Å². The number of hydrogen-bond acceptors (Lipinski definition) is 2. The molecule has 2 saturated carbocycles. The first-order valence-corrected chi connectivity index (χ1v) is 12.5. The van der Waals surface area contributed by atoms with Crippen LogP contribution in [0, 0.1) is 5.41 Å². The summed E-state index contributed by atoms with van der Waals surface area (Å²) < 4.78 is 0. The van der Waals surface area contributed by atoms with Crippen molar-refractivity contribution in [2.75, 3.05) is 34.2 Å². The van der Waals surface area contributed by atoms with Crippen molar-refractivity contribution in [3.63, 3.8) is 0 Å². The van der Waals surface area contributed by atoms with Gasteiger partial charge in [0.25, 0.3) is 0 Å². The highest BCUT2D eigenvalue weighted by atomic mass is 31.1. The van der Waals surface area contributed by atoms with Crippen molar-refractivity contribution in [3.05, 3.63) is 0 Å². The number of likely N-dealkylation sites (N-methyl/N-ethyl adjacent to an activating group) is 2. The topological polar surface area (TPSA) is 6.48 Å². The summed E-state index contributed by atoms with van der Waals surface area (Å²) in [6.45, 7) is 9.95. The van der Waals surface area contributed by atoms with E-state index >= 15 is 0 Å². The Balaban J connectivity index is 2.23. The summed E-state index contributed by atoms with van der Waals surface area (Å²) in [7, 11) is 6.95. The third-order valence-electron chi connectivity index (χ3n) is 6.37. The van der Waals surface area contributed by atoms with E-state index in [2.05, 4.69) is 51.7 Å². The van der Waals surface area contributed by atoms with E-state index in [-0.39, 0.29) is 7.92 Å². The van der Waals surface area contributed by atoms with Crippen molar-refractivity contribution in [2.45, 2.75) is 102 Å². The monoisotopic (exact) mass is 368 g/mol. The third kappa shape index (κ3) is 6.47. The largest absolute Gasteiger partial charge is 0.308 e. The van der Waals surface area contributed by atoms with Gasteiger partial charge in [-0.1, -0.05) is 67.2 Å². The van der Waals surface area contributed by atoms with Gasteiger partial charge >= 0.3 is 0 Å². The smallest absolute Gasteiger partial charge is 0.0347 e. The highest BCUT2D eigenvalue weighted by Gasteiger charge is 2.43. The molecule has 2 aliphatic rings. The summed E-state index contributed by atoms with van der Waals surface area (Å²) >= 11 is 0. The minimum absolute atomic E-state index is 0.0887. The second-order valence-corrected chi connectivity index (χ2v) is 12.9. The summed E-state index contributed by atoms with van der Waals surface area (Å²) in [5, 5.41) is 0. The summed E-state index contributed by atoms with van der Waals surface area (Å²) in [5.74, 6) is 0.786. The van der Waals surface area contributed by atoms with Crippen molar-refractivity contribution in [3.8, 4) is 0 Å². The fraction of sp³-hybridized carbons (Fsp3) is 1.00. The van der Waals surface area contributed by atoms with Gasteiger partial charge in [-0.05, 0) is 63.6 Å². The Hall–Kier alpha value is 0.350. The molecule has 0 bridgehead atoms. The van der Waals surface area contributed by atoms with Crippen LogP contribution in [0.3, 0.4) is 0 Å². The zero-order chi connectivity index (χ0) is 18.4. The Morgan fingerprint density at radius 1 is 0.760 bits per heavy atom. The molecule has 2 nitrogen and oxygen atoms in total. The lowest BCUT2D eigenvalue weighted by atomic mass is 9.95. The third-order valence-corrected chi connectivity index (χ3v) is 10.8. The highest BCUT2D eigenvalue weighted by molar-refractivity contribution is 7.59. The molecule has 0 aromatic carbocycles. The van der Waals surface area contributed by atoms with Crippen LogP contribution in [-0.2, 0) is 0 Å². The minimum Gasteiger partial charge on any atom is -0.308 e.